The number of nitrogens with one attached hydrogen (secondary N) is 2. The Labute approximate surface area is 113 Å². The summed E-state index contributed by atoms with van der Waals surface area (Å²) in [5, 5.41) is 26.6. The van der Waals surface area contributed by atoms with E-state index in [4.69, 9.17) is 0 Å². The lowest BCUT2D eigenvalue weighted by atomic mass is 10.1. The van der Waals surface area contributed by atoms with Crippen molar-refractivity contribution < 1.29 is 9.72 Å². The molecule has 0 aliphatic heterocycles. The predicted octanol–water partition coefficient (Wildman–Crippen LogP) is 0.907. The minimum atomic E-state index is -0.543. The molecule has 2 aromatic rings. The molecule has 1 unspecified atom stereocenters. The van der Waals surface area contributed by atoms with Crippen molar-refractivity contribution in [2.24, 2.45) is 0 Å². The molecule has 1 heterocycles. The molecular formula is C11H12N6O3. The number of tetrazole rings is 1. The lowest BCUT2D eigenvalue weighted by Gasteiger charge is -2.11. The highest BCUT2D eigenvalue weighted by molar-refractivity contribution is 5.96. The van der Waals surface area contributed by atoms with Crippen LogP contribution in [0.15, 0.2) is 18.2 Å². The van der Waals surface area contributed by atoms with E-state index in [-0.39, 0.29) is 11.3 Å². The van der Waals surface area contributed by atoms with Gasteiger partial charge in [0, 0.05) is 17.7 Å². The van der Waals surface area contributed by atoms with Crippen LogP contribution in [0.1, 0.15) is 34.7 Å². The minimum absolute atomic E-state index is 0.132. The standard InChI is InChI=1S/C11H12N6O3/c1-6-3-4-8(17(19)20)5-9(6)11(18)12-7(2)10-13-15-16-14-10/h3-5,7H,1-2H3,(H,12,18)(H,13,14,15,16). The third-order valence-corrected chi connectivity index (χ3v) is 2.77. The first-order chi connectivity index (χ1) is 9.49. The maximum atomic E-state index is 12.1. The number of aromatic amines is 1. The largest absolute Gasteiger partial charge is 0.342 e. The number of non-ortho nitro benzene ring substituents is 1. The van der Waals surface area contributed by atoms with Gasteiger partial charge < -0.3 is 5.32 Å². The number of nitro benzene ring substituents is 1. The third-order valence-electron chi connectivity index (χ3n) is 2.77. The van der Waals surface area contributed by atoms with E-state index in [1.165, 1.54) is 18.2 Å². The number of nitro groups is 1. The van der Waals surface area contributed by atoms with Gasteiger partial charge in [0.05, 0.1) is 11.0 Å². The molecule has 104 valence electrons. The van der Waals surface area contributed by atoms with Crippen LogP contribution >= 0.6 is 0 Å². The number of amides is 1. The molecule has 0 radical (unpaired) electrons. The van der Waals surface area contributed by atoms with Crippen molar-refractivity contribution in [2.45, 2.75) is 19.9 Å². The number of rotatable bonds is 4. The van der Waals surface area contributed by atoms with Crippen molar-refractivity contribution >= 4 is 11.6 Å². The number of nitrogens with zero attached hydrogens (tertiary/aromatic N) is 4. The molecule has 2 N–H and O–H groups in total. The smallest absolute Gasteiger partial charge is 0.270 e. The average molecular weight is 276 g/mol. The van der Waals surface area contributed by atoms with Gasteiger partial charge in [-0.3, -0.25) is 14.9 Å². The molecule has 0 spiro atoms. The number of aromatic nitrogens is 4. The Morgan fingerprint density at radius 1 is 1.50 bits per heavy atom. The number of H-pyrrole nitrogens is 1. The lowest BCUT2D eigenvalue weighted by molar-refractivity contribution is -0.384. The van der Waals surface area contributed by atoms with Crippen molar-refractivity contribution in [3.05, 3.63) is 45.3 Å². The van der Waals surface area contributed by atoms with Crippen LogP contribution in [0.5, 0.6) is 0 Å². The summed E-state index contributed by atoms with van der Waals surface area (Å²) in [6.07, 6.45) is 0. The second-order valence-electron chi connectivity index (χ2n) is 4.22. The molecule has 0 aliphatic carbocycles. The fourth-order valence-electron chi connectivity index (χ4n) is 1.66. The highest BCUT2D eigenvalue weighted by atomic mass is 16.6. The summed E-state index contributed by atoms with van der Waals surface area (Å²) in [4.78, 5) is 22.3. The Hall–Kier alpha value is -2.84. The maximum absolute atomic E-state index is 12.1. The van der Waals surface area contributed by atoms with E-state index in [0.717, 1.165) is 0 Å². The normalized spacial score (nSPS) is 11.9. The molecule has 1 aromatic heterocycles. The fourth-order valence-corrected chi connectivity index (χ4v) is 1.66. The minimum Gasteiger partial charge on any atom is -0.342 e. The lowest BCUT2D eigenvalue weighted by Crippen LogP contribution is -2.28. The molecule has 9 heteroatoms. The number of hydrogen-bond acceptors (Lipinski definition) is 6. The van der Waals surface area contributed by atoms with Crippen LogP contribution in [0.4, 0.5) is 5.69 Å². The van der Waals surface area contributed by atoms with Crippen molar-refractivity contribution in [3.8, 4) is 0 Å². The van der Waals surface area contributed by atoms with Crippen molar-refractivity contribution in [1.29, 1.82) is 0 Å². The molecule has 0 saturated heterocycles. The summed E-state index contributed by atoms with van der Waals surface area (Å²) in [5.41, 5.74) is 0.760. The zero-order chi connectivity index (χ0) is 14.7. The van der Waals surface area contributed by atoms with Gasteiger partial charge in [-0.05, 0) is 19.4 Å². The summed E-state index contributed by atoms with van der Waals surface area (Å²) >= 11 is 0. The molecule has 20 heavy (non-hydrogen) atoms. The second-order valence-corrected chi connectivity index (χ2v) is 4.22. The van der Waals surface area contributed by atoms with E-state index < -0.39 is 16.9 Å². The number of benzene rings is 1. The molecule has 1 amide bonds. The maximum Gasteiger partial charge on any atom is 0.270 e. The zero-order valence-electron chi connectivity index (χ0n) is 10.8. The van der Waals surface area contributed by atoms with E-state index in [1.807, 2.05) is 0 Å². The second kappa shape index (κ2) is 5.43. The van der Waals surface area contributed by atoms with Crippen LogP contribution < -0.4 is 5.32 Å². The van der Waals surface area contributed by atoms with E-state index in [2.05, 4.69) is 25.9 Å². The molecule has 0 saturated carbocycles. The van der Waals surface area contributed by atoms with Crippen molar-refractivity contribution in [1.82, 2.24) is 25.9 Å². The zero-order valence-corrected chi connectivity index (χ0v) is 10.8. The molecule has 9 nitrogen and oxygen atoms in total. The topological polar surface area (TPSA) is 127 Å². The number of carbonyl (C=O) groups is 1. The average Bonchev–Trinajstić information content (AvgIpc) is 2.92. The molecule has 1 atom stereocenters. The van der Waals surface area contributed by atoms with Gasteiger partial charge in [-0.15, -0.1) is 10.2 Å². The molecular weight excluding hydrogens is 264 g/mol. The highest BCUT2D eigenvalue weighted by Crippen LogP contribution is 2.18. The third kappa shape index (κ3) is 2.76. The van der Waals surface area contributed by atoms with Crippen LogP contribution in [-0.2, 0) is 0 Å². The van der Waals surface area contributed by atoms with Gasteiger partial charge in [0.25, 0.3) is 11.6 Å². The summed E-state index contributed by atoms with van der Waals surface area (Å²) in [5.74, 6) is -0.0927. The summed E-state index contributed by atoms with van der Waals surface area (Å²) in [7, 11) is 0. The number of aryl methyl sites for hydroxylation is 1. The highest BCUT2D eigenvalue weighted by Gasteiger charge is 2.18. The summed E-state index contributed by atoms with van der Waals surface area (Å²) in [6.45, 7) is 3.40. The van der Waals surface area contributed by atoms with Gasteiger partial charge in [-0.2, -0.15) is 5.21 Å². The van der Waals surface area contributed by atoms with Crippen LogP contribution in [0.3, 0.4) is 0 Å². The summed E-state index contributed by atoms with van der Waals surface area (Å²) < 4.78 is 0. The SMILES string of the molecule is Cc1ccc([N+](=O)[O-])cc1C(=O)NC(C)c1nn[nH]n1. The molecule has 0 aliphatic rings. The first kappa shape index (κ1) is 13.6. The van der Waals surface area contributed by atoms with Crippen LogP contribution in [0.25, 0.3) is 0 Å². The van der Waals surface area contributed by atoms with E-state index >= 15 is 0 Å². The fraction of sp³-hybridized carbons (Fsp3) is 0.273. The first-order valence-corrected chi connectivity index (χ1v) is 5.78. The number of carbonyl (C=O) groups excluding carboxylic acids is 1. The van der Waals surface area contributed by atoms with Crippen LogP contribution in [-0.4, -0.2) is 31.5 Å². The van der Waals surface area contributed by atoms with E-state index in [1.54, 1.807) is 13.8 Å². The first-order valence-electron chi connectivity index (χ1n) is 5.78. The van der Waals surface area contributed by atoms with E-state index in [0.29, 0.717) is 11.4 Å². The molecule has 0 bridgehead atoms. The quantitative estimate of drug-likeness (QED) is 0.631. The van der Waals surface area contributed by atoms with Gasteiger partial charge in [0.15, 0.2) is 5.82 Å². The van der Waals surface area contributed by atoms with Gasteiger partial charge >= 0.3 is 0 Å². The molecule has 1 aromatic carbocycles. The Bertz CT molecular complexity index is 640. The van der Waals surface area contributed by atoms with E-state index in [9.17, 15) is 14.9 Å². The van der Waals surface area contributed by atoms with Gasteiger partial charge in [0.1, 0.15) is 0 Å². The van der Waals surface area contributed by atoms with Gasteiger partial charge in [0.2, 0.25) is 0 Å². The van der Waals surface area contributed by atoms with Crippen LogP contribution in [0.2, 0.25) is 0 Å². The summed E-state index contributed by atoms with van der Waals surface area (Å²) in [6, 6.07) is 3.67. The van der Waals surface area contributed by atoms with Crippen LogP contribution in [0, 0.1) is 17.0 Å². The number of hydrogen-bond donors (Lipinski definition) is 2. The van der Waals surface area contributed by atoms with Crippen molar-refractivity contribution in [3.63, 3.8) is 0 Å². The Morgan fingerprint density at radius 3 is 2.85 bits per heavy atom. The monoisotopic (exact) mass is 276 g/mol. The Morgan fingerprint density at radius 2 is 2.25 bits per heavy atom. The molecule has 0 fully saturated rings. The Balaban J connectivity index is 2.20. The van der Waals surface area contributed by atoms with Gasteiger partial charge in [-0.1, -0.05) is 11.3 Å². The van der Waals surface area contributed by atoms with Gasteiger partial charge in [-0.25, -0.2) is 0 Å². The molecule has 2 rings (SSSR count). The predicted molar refractivity (Wildman–Crippen MR) is 67.9 cm³/mol. The van der Waals surface area contributed by atoms with Crippen molar-refractivity contribution in [2.75, 3.05) is 0 Å². The Kier molecular flexibility index (Phi) is 3.69.